The number of anilines is 1. The first-order chi connectivity index (χ1) is 15.5. The molecule has 8 heteroatoms. The average Bonchev–Trinajstić information content (AvgIpc) is 3.54. The molecule has 0 aliphatic carbocycles. The zero-order valence-electron chi connectivity index (χ0n) is 18.0. The van der Waals surface area contributed by atoms with Crippen LogP contribution in [0.15, 0.2) is 82.3 Å². The molecule has 1 amide bonds. The summed E-state index contributed by atoms with van der Waals surface area (Å²) in [5.41, 5.74) is 0.849. The summed E-state index contributed by atoms with van der Waals surface area (Å²) in [7, 11) is -2.30. The molecule has 32 heavy (non-hydrogen) atoms. The number of hydrogen-bond donors (Lipinski definition) is 1. The van der Waals surface area contributed by atoms with Crippen molar-refractivity contribution < 1.29 is 17.6 Å². The molecule has 0 radical (unpaired) electrons. The van der Waals surface area contributed by atoms with E-state index in [-0.39, 0.29) is 16.8 Å². The minimum Gasteiger partial charge on any atom is -0.468 e. The first-order valence-electron chi connectivity index (χ1n) is 10.7. The van der Waals surface area contributed by atoms with Crippen LogP contribution in [0.5, 0.6) is 0 Å². The first-order valence-corrected chi connectivity index (χ1v) is 12.1. The molecular weight excluding hydrogens is 426 g/mol. The summed E-state index contributed by atoms with van der Waals surface area (Å²) in [6.07, 6.45) is 3.89. The summed E-state index contributed by atoms with van der Waals surface area (Å²) in [6, 6.07) is 18.7. The number of nitrogens with zero attached hydrogens (tertiary/aromatic N) is 2. The number of benzene rings is 2. The van der Waals surface area contributed by atoms with Crippen molar-refractivity contribution in [1.29, 1.82) is 0 Å². The second kappa shape index (κ2) is 9.58. The van der Waals surface area contributed by atoms with Gasteiger partial charge in [-0.25, -0.2) is 8.42 Å². The van der Waals surface area contributed by atoms with E-state index in [1.54, 1.807) is 42.7 Å². The van der Waals surface area contributed by atoms with E-state index in [9.17, 15) is 13.2 Å². The molecule has 1 fully saturated rings. The Morgan fingerprint density at radius 3 is 2.50 bits per heavy atom. The van der Waals surface area contributed by atoms with Gasteiger partial charge in [0.25, 0.3) is 15.9 Å². The molecule has 1 atom stereocenters. The maximum atomic E-state index is 13.1. The normalized spacial score (nSPS) is 15.4. The number of hydrogen-bond acceptors (Lipinski definition) is 5. The molecule has 1 saturated heterocycles. The Labute approximate surface area is 188 Å². The van der Waals surface area contributed by atoms with Crippen LogP contribution in [0.4, 0.5) is 5.69 Å². The van der Waals surface area contributed by atoms with Gasteiger partial charge in [0.05, 0.1) is 22.9 Å². The van der Waals surface area contributed by atoms with E-state index < -0.39 is 10.0 Å². The molecule has 0 spiro atoms. The molecule has 168 valence electrons. The highest BCUT2D eigenvalue weighted by Gasteiger charge is 2.27. The fourth-order valence-corrected chi connectivity index (χ4v) is 5.21. The van der Waals surface area contributed by atoms with Crippen molar-refractivity contribution in [3.05, 3.63) is 84.3 Å². The van der Waals surface area contributed by atoms with Crippen LogP contribution in [-0.4, -0.2) is 45.9 Å². The number of para-hydroxylation sites is 1. The maximum Gasteiger partial charge on any atom is 0.264 e. The summed E-state index contributed by atoms with van der Waals surface area (Å²) < 4.78 is 33.0. The van der Waals surface area contributed by atoms with Gasteiger partial charge in [-0.3, -0.25) is 14.0 Å². The highest BCUT2D eigenvalue weighted by molar-refractivity contribution is 7.92. The molecule has 1 aliphatic heterocycles. The fraction of sp³-hybridized carbons (Fsp3) is 0.292. The molecule has 2 heterocycles. The van der Waals surface area contributed by atoms with Gasteiger partial charge in [0.1, 0.15) is 5.76 Å². The lowest BCUT2D eigenvalue weighted by molar-refractivity contribution is 0.0933. The zero-order chi connectivity index (χ0) is 22.6. The van der Waals surface area contributed by atoms with Gasteiger partial charge in [0.2, 0.25) is 0 Å². The number of sulfonamides is 1. The number of likely N-dealkylation sites (tertiary alicyclic amines) is 1. The maximum absolute atomic E-state index is 13.1. The monoisotopic (exact) mass is 453 g/mol. The third-order valence-corrected chi connectivity index (χ3v) is 7.56. The van der Waals surface area contributed by atoms with E-state index >= 15 is 0 Å². The van der Waals surface area contributed by atoms with E-state index in [4.69, 9.17) is 4.42 Å². The predicted octanol–water partition coefficient (Wildman–Crippen LogP) is 3.67. The van der Waals surface area contributed by atoms with Crippen molar-refractivity contribution in [1.82, 2.24) is 10.2 Å². The van der Waals surface area contributed by atoms with Crippen molar-refractivity contribution in [3.63, 3.8) is 0 Å². The third kappa shape index (κ3) is 4.71. The summed E-state index contributed by atoms with van der Waals surface area (Å²) in [6.45, 7) is 2.30. The van der Waals surface area contributed by atoms with E-state index in [1.807, 2.05) is 18.2 Å². The van der Waals surface area contributed by atoms with Crippen molar-refractivity contribution >= 4 is 21.6 Å². The lowest BCUT2D eigenvalue weighted by Gasteiger charge is -2.26. The second-order valence-corrected chi connectivity index (χ2v) is 9.79. The van der Waals surface area contributed by atoms with Gasteiger partial charge in [-0.1, -0.05) is 24.3 Å². The van der Waals surface area contributed by atoms with Gasteiger partial charge in [0, 0.05) is 19.2 Å². The molecule has 1 aliphatic rings. The standard InChI is InChI=1S/C24H27N3O4S/c1-26(20-10-3-2-4-11-20)32(29,30)21-12-7-9-19(17-21)24(28)25-18-22(23-13-8-16-31-23)27-14-5-6-15-27/h2-4,7-13,16-17,22H,5-6,14-15,18H2,1H3,(H,25,28)/t22-/m0/s1. The fourth-order valence-electron chi connectivity index (χ4n) is 3.97. The number of carbonyl (C=O) groups excluding carboxylic acids is 1. The Morgan fingerprint density at radius 2 is 1.81 bits per heavy atom. The van der Waals surface area contributed by atoms with Crippen molar-refractivity contribution in [2.75, 3.05) is 31.0 Å². The Kier molecular flexibility index (Phi) is 6.62. The molecule has 7 nitrogen and oxygen atoms in total. The highest BCUT2D eigenvalue weighted by Crippen LogP contribution is 2.25. The zero-order valence-corrected chi connectivity index (χ0v) is 18.8. The minimum absolute atomic E-state index is 0.0485. The summed E-state index contributed by atoms with van der Waals surface area (Å²) in [5, 5.41) is 2.95. The van der Waals surface area contributed by atoms with E-state index in [2.05, 4.69) is 10.2 Å². The number of rotatable bonds is 8. The van der Waals surface area contributed by atoms with Crippen LogP contribution >= 0.6 is 0 Å². The second-order valence-electron chi connectivity index (χ2n) is 7.82. The number of amides is 1. The lowest BCUT2D eigenvalue weighted by atomic mass is 10.1. The largest absolute Gasteiger partial charge is 0.468 e. The predicted molar refractivity (Wildman–Crippen MR) is 123 cm³/mol. The van der Waals surface area contributed by atoms with Crippen LogP contribution in [0.1, 0.15) is 35.0 Å². The van der Waals surface area contributed by atoms with E-state index in [1.165, 1.54) is 23.5 Å². The SMILES string of the molecule is CN(c1ccccc1)S(=O)(=O)c1cccc(C(=O)NC[C@@H](c2ccco2)N2CCCC2)c1. The van der Waals surface area contributed by atoms with Crippen LogP contribution in [-0.2, 0) is 10.0 Å². The molecule has 4 rings (SSSR count). The molecule has 1 N–H and O–H groups in total. The molecular formula is C24H27N3O4S. The average molecular weight is 454 g/mol. The Hall–Kier alpha value is -3.10. The van der Waals surface area contributed by atoms with Gasteiger partial charge in [-0.2, -0.15) is 0 Å². The quantitative estimate of drug-likeness (QED) is 0.563. The highest BCUT2D eigenvalue weighted by atomic mass is 32.2. The third-order valence-electron chi connectivity index (χ3n) is 5.78. The van der Waals surface area contributed by atoms with Crippen LogP contribution in [0.2, 0.25) is 0 Å². The summed E-state index contributed by atoms with van der Waals surface area (Å²) >= 11 is 0. The van der Waals surface area contributed by atoms with Gasteiger partial charge in [-0.05, 0) is 68.4 Å². The van der Waals surface area contributed by atoms with Gasteiger partial charge in [-0.15, -0.1) is 0 Å². The Morgan fingerprint density at radius 1 is 1.06 bits per heavy atom. The molecule has 0 bridgehead atoms. The van der Waals surface area contributed by atoms with Gasteiger partial charge in [0.15, 0.2) is 0 Å². The van der Waals surface area contributed by atoms with E-state index in [0.29, 0.717) is 17.8 Å². The number of furan rings is 1. The van der Waals surface area contributed by atoms with Crippen molar-refractivity contribution in [2.45, 2.75) is 23.8 Å². The molecule has 3 aromatic rings. The van der Waals surface area contributed by atoms with Gasteiger partial charge >= 0.3 is 0 Å². The molecule has 1 aromatic heterocycles. The summed E-state index contributed by atoms with van der Waals surface area (Å²) in [4.78, 5) is 15.3. The molecule has 2 aromatic carbocycles. The van der Waals surface area contributed by atoms with Crippen LogP contribution in [0.3, 0.4) is 0 Å². The van der Waals surface area contributed by atoms with Crippen LogP contribution in [0, 0.1) is 0 Å². The minimum atomic E-state index is -3.80. The van der Waals surface area contributed by atoms with Crippen molar-refractivity contribution in [2.24, 2.45) is 0 Å². The topological polar surface area (TPSA) is 82.9 Å². The molecule has 0 saturated carbocycles. The van der Waals surface area contributed by atoms with Crippen molar-refractivity contribution in [3.8, 4) is 0 Å². The number of nitrogens with one attached hydrogen (secondary N) is 1. The number of carbonyl (C=O) groups is 1. The summed E-state index contributed by atoms with van der Waals surface area (Å²) in [5.74, 6) is 0.494. The first kappa shape index (κ1) is 22.1. The Bertz CT molecular complexity index is 1140. The Balaban J connectivity index is 1.49. The van der Waals surface area contributed by atoms with Crippen LogP contribution < -0.4 is 9.62 Å². The molecule has 0 unspecified atom stereocenters. The van der Waals surface area contributed by atoms with Gasteiger partial charge < -0.3 is 9.73 Å². The van der Waals surface area contributed by atoms with E-state index in [0.717, 1.165) is 31.7 Å². The smallest absolute Gasteiger partial charge is 0.264 e. The lowest BCUT2D eigenvalue weighted by Crippen LogP contribution is -2.36. The van der Waals surface area contributed by atoms with Crippen LogP contribution in [0.25, 0.3) is 0 Å².